The third kappa shape index (κ3) is 1.67. The number of fused-ring (bicyclic) bond motifs is 1. The Balaban J connectivity index is 1.93. The molecular formula is C13H21N3. The standard InChI is InChI=1S/C13H21N3/c1-16-12-7-3-2-6-11(12)13(15-16)10-5-4-8-14-9-10/h10,14H,2-9H2,1H3/t10-/m1/s1. The average molecular weight is 219 g/mol. The summed E-state index contributed by atoms with van der Waals surface area (Å²) in [5, 5.41) is 8.29. The number of hydrogen-bond acceptors (Lipinski definition) is 2. The Morgan fingerprint density at radius 3 is 2.94 bits per heavy atom. The minimum absolute atomic E-state index is 0.668. The van der Waals surface area contributed by atoms with Crippen LogP contribution in [0.25, 0.3) is 0 Å². The molecule has 0 radical (unpaired) electrons. The fourth-order valence-corrected chi connectivity index (χ4v) is 3.22. The molecule has 0 aromatic carbocycles. The van der Waals surface area contributed by atoms with E-state index in [4.69, 9.17) is 5.10 Å². The molecule has 88 valence electrons. The quantitative estimate of drug-likeness (QED) is 0.780. The predicted octanol–water partition coefficient (Wildman–Crippen LogP) is 1.77. The van der Waals surface area contributed by atoms with Crippen LogP contribution < -0.4 is 5.32 Å². The van der Waals surface area contributed by atoms with Crippen molar-refractivity contribution in [2.75, 3.05) is 13.1 Å². The monoisotopic (exact) mass is 219 g/mol. The Bertz CT molecular complexity index is 375. The topological polar surface area (TPSA) is 29.9 Å². The van der Waals surface area contributed by atoms with E-state index in [-0.39, 0.29) is 0 Å². The fourth-order valence-electron chi connectivity index (χ4n) is 3.22. The van der Waals surface area contributed by atoms with Crippen LogP contribution in [0.5, 0.6) is 0 Å². The lowest BCUT2D eigenvalue weighted by Crippen LogP contribution is -2.29. The molecule has 16 heavy (non-hydrogen) atoms. The van der Waals surface area contributed by atoms with Crippen LogP contribution in [0.1, 0.15) is 48.6 Å². The van der Waals surface area contributed by atoms with Gasteiger partial charge in [-0.3, -0.25) is 4.68 Å². The first-order chi connectivity index (χ1) is 7.86. The summed E-state index contributed by atoms with van der Waals surface area (Å²) in [6, 6.07) is 0. The van der Waals surface area contributed by atoms with Crippen molar-refractivity contribution >= 4 is 0 Å². The van der Waals surface area contributed by atoms with Crippen LogP contribution in [0.4, 0.5) is 0 Å². The summed E-state index contributed by atoms with van der Waals surface area (Å²) in [4.78, 5) is 0. The van der Waals surface area contributed by atoms with Crippen molar-refractivity contribution in [1.82, 2.24) is 15.1 Å². The second-order valence-electron chi connectivity index (χ2n) is 5.18. The average Bonchev–Trinajstić information content (AvgIpc) is 2.69. The van der Waals surface area contributed by atoms with Crippen molar-refractivity contribution < 1.29 is 0 Å². The molecule has 0 bridgehead atoms. The molecule has 3 nitrogen and oxygen atoms in total. The summed E-state index contributed by atoms with van der Waals surface area (Å²) in [6.07, 6.45) is 7.81. The molecule has 1 saturated heterocycles. The van der Waals surface area contributed by atoms with Crippen LogP contribution in [0.3, 0.4) is 0 Å². The van der Waals surface area contributed by atoms with Gasteiger partial charge in [-0.1, -0.05) is 0 Å². The number of piperidine rings is 1. The SMILES string of the molecule is Cn1nc([C@@H]2CCCNC2)c2c1CCCC2. The molecule has 1 N–H and O–H groups in total. The van der Waals surface area contributed by atoms with Gasteiger partial charge in [0.2, 0.25) is 0 Å². The minimum Gasteiger partial charge on any atom is -0.316 e. The van der Waals surface area contributed by atoms with E-state index < -0.39 is 0 Å². The van der Waals surface area contributed by atoms with Crippen molar-refractivity contribution in [2.45, 2.75) is 44.4 Å². The minimum atomic E-state index is 0.668. The lowest BCUT2D eigenvalue weighted by atomic mass is 9.88. The van der Waals surface area contributed by atoms with Crippen LogP contribution in [0.2, 0.25) is 0 Å². The molecular weight excluding hydrogens is 198 g/mol. The van der Waals surface area contributed by atoms with Gasteiger partial charge in [0.05, 0.1) is 5.69 Å². The third-order valence-corrected chi connectivity index (χ3v) is 4.08. The number of aromatic nitrogens is 2. The van der Waals surface area contributed by atoms with Gasteiger partial charge in [0.25, 0.3) is 0 Å². The number of hydrogen-bond donors (Lipinski definition) is 1. The summed E-state index contributed by atoms with van der Waals surface area (Å²) < 4.78 is 2.14. The van der Waals surface area contributed by atoms with Gasteiger partial charge in [0.15, 0.2) is 0 Å². The van der Waals surface area contributed by atoms with Crippen molar-refractivity contribution in [1.29, 1.82) is 0 Å². The molecule has 0 unspecified atom stereocenters. The first-order valence-corrected chi connectivity index (χ1v) is 6.61. The largest absolute Gasteiger partial charge is 0.316 e. The number of rotatable bonds is 1. The summed E-state index contributed by atoms with van der Waals surface area (Å²) in [5.74, 6) is 0.668. The smallest absolute Gasteiger partial charge is 0.0702 e. The Labute approximate surface area is 97.2 Å². The first kappa shape index (κ1) is 10.3. The van der Waals surface area contributed by atoms with Gasteiger partial charge in [-0.15, -0.1) is 0 Å². The maximum atomic E-state index is 4.79. The molecule has 0 amide bonds. The zero-order valence-electron chi connectivity index (χ0n) is 10.1. The van der Waals surface area contributed by atoms with Crippen molar-refractivity contribution in [2.24, 2.45) is 7.05 Å². The van der Waals surface area contributed by atoms with Gasteiger partial charge < -0.3 is 5.32 Å². The van der Waals surface area contributed by atoms with E-state index in [2.05, 4.69) is 17.0 Å². The van der Waals surface area contributed by atoms with E-state index in [1.807, 2.05) is 0 Å². The van der Waals surface area contributed by atoms with Gasteiger partial charge in [0.1, 0.15) is 0 Å². The Morgan fingerprint density at radius 2 is 2.12 bits per heavy atom. The number of nitrogens with one attached hydrogen (secondary N) is 1. The van der Waals surface area contributed by atoms with E-state index in [9.17, 15) is 0 Å². The van der Waals surface area contributed by atoms with Gasteiger partial charge >= 0.3 is 0 Å². The Hall–Kier alpha value is -0.830. The highest BCUT2D eigenvalue weighted by molar-refractivity contribution is 5.31. The lowest BCUT2D eigenvalue weighted by Gasteiger charge is -2.23. The molecule has 3 rings (SSSR count). The molecule has 0 spiro atoms. The fraction of sp³-hybridized carbons (Fsp3) is 0.769. The second kappa shape index (κ2) is 4.21. The van der Waals surface area contributed by atoms with Gasteiger partial charge in [-0.25, -0.2) is 0 Å². The maximum absolute atomic E-state index is 4.79. The van der Waals surface area contributed by atoms with Crippen LogP contribution >= 0.6 is 0 Å². The molecule has 0 saturated carbocycles. The molecule has 3 heteroatoms. The summed E-state index contributed by atoms with van der Waals surface area (Å²) in [6.45, 7) is 2.31. The second-order valence-corrected chi connectivity index (χ2v) is 5.18. The molecule has 2 heterocycles. The van der Waals surface area contributed by atoms with Gasteiger partial charge in [0, 0.05) is 25.2 Å². The van der Waals surface area contributed by atoms with E-state index in [1.165, 1.54) is 56.5 Å². The molecule has 1 aromatic heterocycles. The van der Waals surface area contributed by atoms with Gasteiger partial charge in [-0.2, -0.15) is 5.10 Å². The Morgan fingerprint density at radius 1 is 1.25 bits per heavy atom. The zero-order chi connectivity index (χ0) is 11.0. The van der Waals surface area contributed by atoms with Crippen LogP contribution in [0.15, 0.2) is 0 Å². The highest BCUT2D eigenvalue weighted by atomic mass is 15.3. The Kier molecular flexibility index (Phi) is 2.72. The molecule has 1 atom stereocenters. The first-order valence-electron chi connectivity index (χ1n) is 6.61. The van der Waals surface area contributed by atoms with E-state index in [1.54, 1.807) is 5.56 Å². The highest BCUT2D eigenvalue weighted by Crippen LogP contribution is 2.31. The van der Waals surface area contributed by atoms with E-state index in [0.717, 1.165) is 6.54 Å². The lowest BCUT2D eigenvalue weighted by molar-refractivity contribution is 0.449. The zero-order valence-corrected chi connectivity index (χ0v) is 10.1. The summed E-state index contributed by atoms with van der Waals surface area (Å²) in [7, 11) is 2.11. The number of aryl methyl sites for hydroxylation is 1. The van der Waals surface area contributed by atoms with Crippen molar-refractivity contribution in [3.63, 3.8) is 0 Å². The van der Waals surface area contributed by atoms with Crippen LogP contribution in [-0.4, -0.2) is 22.9 Å². The van der Waals surface area contributed by atoms with Crippen molar-refractivity contribution in [3.8, 4) is 0 Å². The van der Waals surface area contributed by atoms with Crippen molar-refractivity contribution in [3.05, 3.63) is 17.0 Å². The third-order valence-electron chi connectivity index (χ3n) is 4.08. The van der Waals surface area contributed by atoms with Crippen LogP contribution in [-0.2, 0) is 19.9 Å². The predicted molar refractivity (Wildman–Crippen MR) is 64.7 cm³/mol. The highest BCUT2D eigenvalue weighted by Gasteiger charge is 2.25. The van der Waals surface area contributed by atoms with Gasteiger partial charge in [-0.05, 0) is 50.6 Å². The number of nitrogens with zero attached hydrogens (tertiary/aromatic N) is 2. The molecule has 1 fully saturated rings. The molecule has 1 aromatic rings. The van der Waals surface area contributed by atoms with E-state index in [0.29, 0.717) is 5.92 Å². The molecule has 1 aliphatic heterocycles. The normalized spacial score (nSPS) is 25.4. The molecule has 1 aliphatic carbocycles. The molecule has 2 aliphatic rings. The maximum Gasteiger partial charge on any atom is 0.0702 e. The van der Waals surface area contributed by atoms with E-state index >= 15 is 0 Å². The summed E-state index contributed by atoms with van der Waals surface area (Å²) >= 11 is 0. The van der Waals surface area contributed by atoms with Crippen LogP contribution in [0, 0.1) is 0 Å². The summed E-state index contributed by atoms with van der Waals surface area (Å²) in [5.41, 5.74) is 4.50.